The van der Waals surface area contributed by atoms with Crippen molar-refractivity contribution in [3.8, 4) is 0 Å². The number of anilines is 1. The van der Waals surface area contributed by atoms with E-state index in [9.17, 15) is 4.79 Å². The zero-order chi connectivity index (χ0) is 14.9. The maximum Gasteiger partial charge on any atom is 0.238 e. The lowest BCUT2D eigenvalue weighted by molar-refractivity contribution is 0.0861. The smallest absolute Gasteiger partial charge is 0.238 e. The summed E-state index contributed by atoms with van der Waals surface area (Å²) in [4.78, 5) is 21.2. The summed E-state index contributed by atoms with van der Waals surface area (Å²) < 4.78 is 3.81. The van der Waals surface area contributed by atoms with Crippen LogP contribution in [0.3, 0.4) is 0 Å². The predicted molar refractivity (Wildman–Crippen MR) is 87.9 cm³/mol. The van der Waals surface area contributed by atoms with Gasteiger partial charge in [-0.2, -0.15) is 0 Å². The molecule has 0 radical (unpaired) electrons. The van der Waals surface area contributed by atoms with Gasteiger partial charge in [-0.05, 0) is 42.3 Å². The molecule has 0 saturated carbocycles. The highest BCUT2D eigenvalue weighted by Gasteiger charge is 2.31. The number of carbonyl (C=O) groups excluding carboxylic acids is 1. The lowest BCUT2D eigenvalue weighted by Crippen LogP contribution is -2.26. The molecular formula is C16H14N4OS. The first-order valence-corrected chi connectivity index (χ1v) is 8.04. The first-order chi connectivity index (χ1) is 10.8. The largest absolute Gasteiger partial charge is 0.314 e. The molecule has 1 unspecified atom stereocenters. The minimum Gasteiger partial charge on any atom is -0.314 e. The Morgan fingerprint density at radius 2 is 2.14 bits per heavy atom. The fourth-order valence-electron chi connectivity index (χ4n) is 2.66. The van der Waals surface area contributed by atoms with E-state index in [0.717, 1.165) is 22.5 Å². The van der Waals surface area contributed by atoms with E-state index in [0.29, 0.717) is 6.54 Å². The summed E-state index contributed by atoms with van der Waals surface area (Å²) >= 11 is 1.67. The van der Waals surface area contributed by atoms with Crippen molar-refractivity contribution in [3.05, 3.63) is 55.1 Å². The van der Waals surface area contributed by atoms with Crippen molar-refractivity contribution in [2.24, 2.45) is 5.92 Å². The molecule has 0 aliphatic carbocycles. The van der Waals surface area contributed by atoms with E-state index in [1.807, 2.05) is 42.7 Å². The van der Waals surface area contributed by atoms with Gasteiger partial charge in [-0.3, -0.25) is 14.3 Å². The summed E-state index contributed by atoms with van der Waals surface area (Å²) in [5, 5.41) is 0.991. The van der Waals surface area contributed by atoms with Gasteiger partial charge in [-0.1, -0.05) is 0 Å². The summed E-state index contributed by atoms with van der Waals surface area (Å²) in [5.74, 6) is 0.843. The molecule has 1 atom stereocenters. The molecule has 1 fully saturated rings. The molecule has 0 aromatic carbocycles. The van der Waals surface area contributed by atoms with Crippen molar-refractivity contribution >= 4 is 34.6 Å². The monoisotopic (exact) mass is 310 g/mol. The zero-order valence-corrected chi connectivity index (χ0v) is 12.6. The Labute approximate surface area is 132 Å². The third-order valence-electron chi connectivity index (χ3n) is 3.79. The van der Waals surface area contributed by atoms with Gasteiger partial charge in [0.25, 0.3) is 0 Å². The number of nitrogens with zero attached hydrogens (tertiary/aromatic N) is 4. The number of fused-ring (bicyclic) bond motifs is 1. The van der Waals surface area contributed by atoms with E-state index in [1.54, 1.807) is 28.9 Å². The van der Waals surface area contributed by atoms with Gasteiger partial charge < -0.3 is 4.31 Å². The summed E-state index contributed by atoms with van der Waals surface area (Å²) in [7, 11) is 0. The Balaban J connectivity index is 1.57. The van der Waals surface area contributed by atoms with Crippen LogP contribution in [0.1, 0.15) is 4.79 Å². The molecule has 0 bridgehead atoms. The van der Waals surface area contributed by atoms with Crippen molar-refractivity contribution in [1.82, 2.24) is 14.5 Å². The van der Waals surface area contributed by atoms with Gasteiger partial charge in [0, 0.05) is 36.3 Å². The van der Waals surface area contributed by atoms with Gasteiger partial charge in [0.05, 0.1) is 17.8 Å². The molecule has 4 heterocycles. The molecule has 1 aliphatic heterocycles. The maximum absolute atomic E-state index is 12.8. The van der Waals surface area contributed by atoms with Gasteiger partial charge in [0.2, 0.25) is 5.91 Å². The molecule has 4 rings (SSSR count). The second-order valence-electron chi connectivity index (χ2n) is 5.21. The Kier molecular flexibility index (Phi) is 3.31. The Bertz CT molecular complexity index is 817. The molecule has 1 saturated heterocycles. The van der Waals surface area contributed by atoms with E-state index < -0.39 is 0 Å². The Morgan fingerprint density at radius 3 is 3.00 bits per heavy atom. The minimum absolute atomic E-state index is 0.0391. The van der Waals surface area contributed by atoms with Crippen molar-refractivity contribution in [1.29, 1.82) is 0 Å². The fraction of sp³-hybridized carbons (Fsp3) is 0.188. The lowest BCUT2D eigenvalue weighted by Gasteiger charge is -2.16. The van der Waals surface area contributed by atoms with Crippen LogP contribution in [0.5, 0.6) is 0 Å². The van der Waals surface area contributed by atoms with Crippen LogP contribution in [-0.2, 0) is 0 Å². The number of hydrogen-bond donors (Lipinski definition) is 0. The topological polar surface area (TPSA) is 51.0 Å². The van der Waals surface area contributed by atoms with Crippen LogP contribution < -0.4 is 4.31 Å². The van der Waals surface area contributed by atoms with E-state index in [-0.39, 0.29) is 11.8 Å². The highest BCUT2D eigenvalue weighted by Crippen LogP contribution is 2.32. The summed E-state index contributed by atoms with van der Waals surface area (Å²) in [6.07, 6.45) is 7.12. The number of hydrogen-bond acceptors (Lipinski definition) is 5. The zero-order valence-electron chi connectivity index (χ0n) is 11.8. The van der Waals surface area contributed by atoms with Gasteiger partial charge >= 0.3 is 0 Å². The maximum atomic E-state index is 12.8. The molecule has 1 aliphatic rings. The molecule has 22 heavy (non-hydrogen) atoms. The first-order valence-electron chi connectivity index (χ1n) is 7.10. The predicted octanol–water partition coefficient (Wildman–Crippen LogP) is 2.86. The standard InChI is InChI=1S/C16H14N4OS/c21-16(19-8-5-12-3-1-7-18-15(12)19)13-10-20(22-11-13)14-4-2-6-17-9-14/h1-9,13H,10-11H2. The van der Waals surface area contributed by atoms with Gasteiger partial charge in [-0.25, -0.2) is 4.98 Å². The molecular weight excluding hydrogens is 296 g/mol. The van der Waals surface area contributed by atoms with Gasteiger partial charge in [-0.15, -0.1) is 0 Å². The second kappa shape index (κ2) is 5.46. The van der Waals surface area contributed by atoms with Crippen LogP contribution in [0.2, 0.25) is 0 Å². The molecule has 0 N–H and O–H groups in total. The highest BCUT2D eigenvalue weighted by molar-refractivity contribution is 8.00. The van der Waals surface area contributed by atoms with Crippen LogP contribution in [-0.4, -0.2) is 32.7 Å². The normalized spacial score (nSPS) is 18.0. The molecule has 0 amide bonds. The van der Waals surface area contributed by atoms with Gasteiger partial charge in [0.15, 0.2) is 0 Å². The van der Waals surface area contributed by atoms with Crippen LogP contribution in [0, 0.1) is 5.92 Å². The van der Waals surface area contributed by atoms with E-state index in [2.05, 4.69) is 14.3 Å². The van der Waals surface area contributed by atoms with Crippen molar-refractivity contribution in [2.45, 2.75) is 0 Å². The number of aromatic nitrogens is 3. The molecule has 110 valence electrons. The Hall–Kier alpha value is -2.34. The van der Waals surface area contributed by atoms with Crippen molar-refractivity contribution in [3.63, 3.8) is 0 Å². The first kappa shape index (κ1) is 13.3. The van der Waals surface area contributed by atoms with Crippen LogP contribution in [0.25, 0.3) is 11.0 Å². The fourth-order valence-corrected chi connectivity index (χ4v) is 3.81. The average molecular weight is 310 g/mol. The number of rotatable bonds is 2. The quantitative estimate of drug-likeness (QED) is 0.681. The van der Waals surface area contributed by atoms with Crippen LogP contribution >= 0.6 is 11.9 Å². The van der Waals surface area contributed by atoms with Crippen LogP contribution in [0.4, 0.5) is 5.69 Å². The third-order valence-corrected chi connectivity index (χ3v) is 5.01. The molecule has 3 aromatic rings. The summed E-state index contributed by atoms with van der Waals surface area (Å²) in [6, 6.07) is 9.71. The molecule has 3 aromatic heterocycles. The van der Waals surface area contributed by atoms with Crippen molar-refractivity contribution < 1.29 is 4.79 Å². The van der Waals surface area contributed by atoms with Gasteiger partial charge in [0.1, 0.15) is 5.65 Å². The molecule has 0 spiro atoms. The van der Waals surface area contributed by atoms with Crippen molar-refractivity contribution in [2.75, 3.05) is 16.6 Å². The number of pyridine rings is 2. The highest BCUT2D eigenvalue weighted by atomic mass is 32.2. The second-order valence-corrected chi connectivity index (χ2v) is 6.24. The van der Waals surface area contributed by atoms with Crippen LogP contribution in [0.15, 0.2) is 55.1 Å². The molecule has 5 nitrogen and oxygen atoms in total. The van der Waals surface area contributed by atoms with E-state index in [4.69, 9.17) is 0 Å². The van der Waals surface area contributed by atoms with E-state index >= 15 is 0 Å². The molecule has 6 heteroatoms. The van der Waals surface area contributed by atoms with E-state index in [1.165, 1.54) is 0 Å². The Morgan fingerprint density at radius 1 is 1.23 bits per heavy atom. The average Bonchev–Trinajstić information content (AvgIpc) is 3.22. The minimum atomic E-state index is -0.0391. The summed E-state index contributed by atoms with van der Waals surface area (Å²) in [5.41, 5.74) is 1.77. The lowest BCUT2D eigenvalue weighted by atomic mass is 10.1. The summed E-state index contributed by atoms with van der Waals surface area (Å²) in [6.45, 7) is 0.696. The third kappa shape index (κ3) is 2.25. The number of carbonyl (C=O) groups is 1. The SMILES string of the molecule is O=C(C1CSN(c2cccnc2)C1)n1ccc2cccnc21.